The summed E-state index contributed by atoms with van der Waals surface area (Å²) in [5.41, 5.74) is 0. The van der Waals surface area contributed by atoms with Crippen molar-refractivity contribution in [3.05, 3.63) is 30.3 Å². The molecule has 1 unspecified atom stereocenters. The summed E-state index contributed by atoms with van der Waals surface area (Å²) >= 11 is 0. The van der Waals surface area contributed by atoms with Gasteiger partial charge in [0.25, 0.3) is 0 Å². The number of hydrogen-bond donors (Lipinski definition) is 0. The summed E-state index contributed by atoms with van der Waals surface area (Å²) in [6.07, 6.45) is 3.78. The first-order valence-electron chi connectivity index (χ1n) is 11.3. The molecule has 3 aliphatic heterocycles. The van der Waals surface area contributed by atoms with Gasteiger partial charge in [-0.1, -0.05) is 18.2 Å². The number of amides is 3. The van der Waals surface area contributed by atoms with Gasteiger partial charge in [0.15, 0.2) is 5.78 Å². The minimum atomic E-state index is -1.45. The molecule has 8 nitrogen and oxygen atoms in total. The van der Waals surface area contributed by atoms with E-state index in [1.54, 1.807) is 39.0 Å². The average molecular weight is 460 g/mol. The van der Waals surface area contributed by atoms with Crippen molar-refractivity contribution in [2.24, 2.45) is 0 Å². The minimum Gasteiger partial charge on any atom is -0.333 e. The van der Waals surface area contributed by atoms with E-state index in [0.717, 1.165) is 12.8 Å². The number of benzene rings is 1. The van der Waals surface area contributed by atoms with Crippen molar-refractivity contribution in [2.75, 3.05) is 31.9 Å². The molecule has 3 saturated heterocycles. The van der Waals surface area contributed by atoms with Crippen LogP contribution < -0.4 is 0 Å². The van der Waals surface area contributed by atoms with Crippen LogP contribution in [0.15, 0.2) is 35.2 Å². The maximum absolute atomic E-state index is 13.4. The molecule has 0 saturated carbocycles. The Morgan fingerprint density at radius 3 is 2.28 bits per heavy atom. The lowest BCUT2D eigenvalue weighted by Crippen LogP contribution is -2.53. The lowest BCUT2D eigenvalue weighted by molar-refractivity contribution is -0.147. The SMILES string of the molecule is O=C(CS(=O)c1ccccc1)[C@@H]1CCCN1C(=O)[C@@H]1CCCN1C(=O)CN1CCCC1=O. The molecular weight excluding hydrogens is 430 g/mol. The zero-order valence-corrected chi connectivity index (χ0v) is 18.9. The normalized spacial score (nSPS) is 24.2. The van der Waals surface area contributed by atoms with Crippen molar-refractivity contribution in [2.45, 2.75) is 55.5 Å². The van der Waals surface area contributed by atoms with Gasteiger partial charge in [0.1, 0.15) is 6.04 Å². The van der Waals surface area contributed by atoms with E-state index >= 15 is 0 Å². The van der Waals surface area contributed by atoms with Gasteiger partial charge in [-0.15, -0.1) is 0 Å². The molecule has 3 amide bonds. The first-order valence-corrected chi connectivity index (χ1v) is 12.6. The Hall–Kier alpha value is -2.55. The third-order valence-corrected chi connectivity index (χ3v) is 7.89. The van der Waals surface area contributed by atoms with E-state index in [0.29, 0.717) is 50.2 Å². The quantitative estimate of drug-likeness (QED) is 0.606. The number of carbonyl (C=O) groups is 4. The van der Waals surface area contributed by atoms with Gasteiger partial charge in [0.2, 0.25) is 17.7 Å². The highest BCUT2D eigenvalue weighted by Crippen LogP contribution is 2.26. The van der Waals surface area contributed by atoms with Crippen molar-refractivity contribution in [1.82, 2.24) is 14.7 Å². The fourth-order valence-corrected chi connectivity index (χ4v) is 5.96. The van der Waals surface area contributed by atoms with Gasteiger partial charge in [-0.3, -0.25) is 23.4 Å². The lowest BCUT2D eigenvalue weighted by Gasteiger charge is -2.31. The summed E-state index contributed by atoms with van der Waals surface area (Å²) in [6, 6.07) is 7.67. The fraction of sp³-hybridized carbons (Fsp3) is 0.565. The van der Waals surface area contributed by atoms with Gasteiger partial charge in [-0.2, -0.15) is 0 Å². The number of carbonyl (C=O) groups excluding carboxylic acids is 4. The Bertz CT molecular complexity index is 921. The van der Waals surface area contributed by atoms with Gasteiger partial charge in [0.05, 0.1) is 29.1 Å². The summed E-state index contributed by atoms with van der Waals surface area (Å²) < 4.78 is 12.6. The van der Waals surface area contributed by atoms with Crippen molar-refractivity contribution < 1.29 is 23.4 Å². The molecule has 0 radical (unpaired) electrons. The molecule has 0 aliphatic carbocycles. The molecule has 0 aromatic heterocycles. The van der Waals surface area contributed by atoms with E-state index in [9.17, 15) is 23.4 Å². The summed E-state index contributed by atoms with van der Waals surface area (Å²) in [5, 5.41) is 0. The molecular formula is C23H29N3O5S. The zero-order valence-electron chi connectivity index (χ0n) is 18.1. The minimum absolute atomic E-state index is 0.0149. The average Bonchev–Trinajstić information content (AvgIpc) is 3.55. The molecule has 0 N–H and O–H groups in total. The molecule has 3 fully saturated rings. The van der Waals surface area contributed by atoms with Crippen LogP contribution in [0.25, 0.3) is 0 Å². The van der Waals surface area contributed by atoms with Crippen molar-refractivity contribution in [3.63, 3.8) is 0 Å². The second-order valence-corrected chi connectivity index (χ2v) is 10.1. The Kier molecular flexibility index (Phi) is 7.03. The molecule has 3 heterocycles. The van der Waals surface area contributed by atoms with E-state index in [1.807, 2.05) is 6.07 Å². The van der Waals surface area contributed by atoms with Gasteiger partial charge in [0, 0.05) is 31.0 Å². The second-order valence-electron chi connectivity index (χ2n) is 8.62. The van der Waals surface area contributed by atoms with Crippen LogP contribution in [-0.4, -0.2) is 86.4 Å². The number of likely N-dealkylation sites (tertiary alicyclic amines) is 3. The van der Waals surface area contributed by atoms with Crippen LogP contribution in [0.5, 0.6) is 0 Å². The van der Waals surface area contributed by atoms with Crippen LogP contribution in [-0.2, 0) is 30.0 Å². The Morgan fingerprint density at radius 2 is 1.59 bits per heavy atom. The smallest absolute Gasteiger partial charge is 0.245 e. The molecule has 1 aromatic carbocycles. The van der Waals surface area contributed by atoms with Gasteiger partial charge >= 0.3 is 0 Å². The molecule has 0 spiro atoms. The van der Waals surface area contributed by atoms with Gasteiger partial charge in [-0.25, -0.2) is 0 Å². The maximum Gasteiger partial charge on any atom is 0.245 e. The topological polar surface area (TPSA) is 95.1 Å². The Labute approximate surface area is 190 Å². The van der Waals surface area contributed by atoms with Crippen LogP contribution in [0.2, 0.25) is 0 Å². The van der Waals surface area contributed by atoms with E-state index in [4.69, 9.17) is 0 Å². The van der Waals surface area contributed by atoms with Crippen molar-refractivity contribution in [3.8, 4) is 0 Å². The Morgan fingerprint density at radius 1 is 0.906 bits per heavy atom. The molecule has 32 heavy (non-hydrogen) atoms. The number of nitrogens with zero attached hydrogens (tertiary/aromatic N) is 3. The van der Waals surface area contributed by atoms with Crippen LogP contribution in [0, 0.1) is 0 Å². The molecule has 1 aromatic rings. The summed E-state index contributed by atoms with van der Waals surface area (Å²) in [5.74, 6) is -0.745. The van der Waals surface area contributed by atoms with Crippen LogP contribution in [0.4, 0.5) is 0 Å². The highest BCUT2D eigenvalue weighted by molar-refractivity contribution is 7.85. The molecule has 0 bridgehead atoms. The summed E-state index contributed by atoms with van der Waals surface area (Å²) in [4.78, 5) is 56.3. The van der Waals surface area contributed by atoms with Gasteiger partial charge in [-0.05, 0) is 44.2 Å². The summed E-state index contributed by atoms with van der Waals surface area (Å²) in [6.45, 7) is 1.55. The number of ketones is 1. The van der Waals surface area contributed by atoms with Crippen LogP contribution >= 0.6 is 0 Å². The predicted octanol–water partition coefficient (Wildman–Crippen LogP) is 0.968. The third kappa shape index (κ3) is 4.77. The van der Waals surface area contributed by atoms with Crippen molar-refractivity contribution in [1.29, 1.82) is 0 Å². The fourth-order valence-electron chi connectivity index (χ4n) is 4.88. The highest BCUT2D eigenvalue weighted by Gasteiger charge is 2.42. The zero-order chi connectivity index (χ0) is 22.7. The maximum atomic E-state index is 13.4. The van der Waals surface area contributed by atoms with Crippen molar-refractivity contribution >= 4 is 34.3 Å². The summed E-state index contributed by atoms with van der Waals surface area (Å²) in [7, 11) is -1.45. The highest BCUT2D eigenvalue weighted by atomic mass is 32.2. The first-order chi connectivity index (χ1) is 15.5. The largest absolute Gasteiger partial charge is 0.333 e. The number of hydrogen-bond acceptors (Lipinski definition) is 5. The first kappa shape index (κ1) is 22.6. The standard InChI is InChI=1S/C23H29N3O5S/c27-20(16-32(31)17-7-2-1-3-8-17)18-9-4-14-26(18)23(30)19-10-5-13-25(19)22(29)15-24-12-6-11-21(24)28/h1-3,7-8,18-19H,4-6,9-16H2/t18-,19-,32?/m0/s1. The van der Waals surface area contributed by atoms with E-state index < -0.39 is 22.9 Å². The predicted molar refractivity (Wildman–Crippen MR) is 118 cm³/mol. The molecule has 3 atom stereocenters. The van der Waals surface area contributed by atoms with Crippen LogP contribution in [0.1, 0.15) is 38.5 Å². The number of rotatable bonds is 7. The second kappa shape index (κ2) is 9.94. The third-order valence-electron chi connectivity index (χ3n) is 6.54. The molecule has 172 valence electrons. The molecule has 4 rings (SSSR count). The monoisotopic (exact) mass is 459 g/mol. The van der Waals surface area contributed by atoms with E-state index in [1.165, 1.54) is 0 Å². The molecule has 9 heteroatoms. The Balaban J connectivity index is 1.39. The van der Waals surface area contributed by atoms with Crippen LogP contribution in [0.3, 0.4) is 0 Å². The van der Waals surface area contributed by atoms with E-state index in [2.05, 4.69) is 0 Å². The van der Waals surface area contributed by atoms with Gasteiger partial charge < -0.3 is 14.7 Å². The molecule has 3 aliphatic rings. The van der Waals surface area contributed by atoms with E-state index in [-0.39, 0.29) is 35.8 Å². The lowest BCUT2D eigenvalue weighted by atomic mass is 10.1. The number of Topliss-reactive ketones (excluding diaryl/α,β-unsaturated/α-hetero) is 1.